The zero-order valence-corrected chi connectivity index (χ0v) is 15.0. The lowest BCUT2D eigenvalue weighted by molar-refractivity contribution is 0.414. The maximum Gasteiger partial charge on any atom is 0.161 e. The van der Waals surface area contributed by atoms with E-state index in [-0.39, 0.29) is 0 Å². The molecular formula is C19H25N5O. The Morgan fingerprint density at radius 3 is 3.00 bits per heavy atom. The predicted molar refractivity (Wildman–Crippen MR) is 102 cm³/mol. The number of ether oxygens (including phenoxy) is 1. The molecule has 1 saturated heterocycles. The first-order chi connectivity index (χ1) is 12.2. The van der Waals surface area contributed by atoms with E-state index < -0.39 is 0 Å². The first-order valence-corrected chi connectivity index (χ1v) is 8.63. The third kappa shape index (κ3) is 4.09. The number of aromatic amines is 1. The Balaban J connectivity index is 1.86. The molecule has 25 heavy (non-hydrogen) atoms. The van der Waals surface area contributed by atoms with Crippen molar-refractivity contribution in [2.45, 2.75) is 26.3 Å². The van der Waals surface area contributed by atoms with E-state index in [0.29, 0.717) is 6.04 Å². The molecule has 1 aliphatic rings. The lowest BCUT2D eigenvalue weighted by Crippen LogP contribution is -2.23. The number of aromatic nitrogens is 3. The van der Waals surface area contributed by atoms with Gasteiger partial charge in [-0.25, -0.2) is 4.98 Å². The maximum atomic E-state index is 6.10. The van der Waals surface area contributed by atoms with Crippen molar-refractivity contribution < 1.29 is 4.74 Å². The van der Waals surface area contributed by atoms with Gasteiger partial charge in [-0.1, -0.05) is 18.2 Å². The van der Waals surface area contributed by atoms with Crippen LogP contribution in [-0.2, 0) is 0 Å². The van der Waals surface area contributed by atoms with E-state index in [1.165, 1.54) is 0 Å². The average Bonchev–Trinajstić information content (AvgIpc) is 3.21. The fourth-order valence-corrected chi connectivity index (χ4v) is 2.94. The molecule has 2 aromatic heterocycles. The second kappa shape index (κ2) is 7.98. The first-order valence-electron chi connectivity index (χ1n) is 8.63. The normalized spacial score (nSPS) is 19.5. The fraction of sp³-hybridized carbons (Fsp3) is 0.368. The third-order valence-electron chi connectivity index (χ3n) is 4.23. The number of nitrogens with zero attached hydrogens (tertiary/aromatic N) is 3. The molecule has 0 amide bonds. The van der Waals surface area contributed by atoms with E-state index in [4.69, 9.17) is 4.74 Å². The van der Waals surface area contributed by atoms with Gasteiger partial charge in [-0.2, -0.15) is 5.10 Å². The van der Waals surface area contributed by atoms with Gasteiger partial charge in [-0.3, -0.25) is 5.10 Å². The van der Waals surface area contributed by atoms with E-state index in [2.05, 4.69) is 32.4 Å². The molecule has 0 spiro atoms. The average molecular weight is 339 g/mol. The van der Waals surface area contributed by atoms with Gasteiger partial charge in [-0.05, 0) is 46.0 Å². The number of likely N-dealkylation sites (N-methyl/N-ethyl adjacent to an activating group) is 1. The molecule has 0 aliphatic carbocycles. The summed E-state index contributed by atoms with van der Waals surface area (Å²) in [5.41, 5.74) is 0.722. The molecule has 0 saturated carbocycles. The highest BCUT2D eigenvalue weighted by molar-refractivity contribution is 5.93. The van der Waals surface area contributed by atoms with Crippen molar-refractivity contribution in [2.24, 2.45) is 0 Å². The van der Waals surface area contributed by atoms with Crippen molar-refractivity contribution in [2.75, 3.05) is 25.5 Å². The van der Waals surface area contributed by atoms with Crippen LogP contribution in [0.5, 0.6) is 5.75 Å². The smallest absolute Gasteiger partial charge is 0.161 e. The van der Waals surface area contributed by atoms with Crippen LogP contribution < -0.4 is 10.1 Å². The molecule has 3 rings (SSSR count). The Kier molecular flexibility index (Phi) is 5.50. The molecule has 0 bridgehead atoms. The number of allylic oxidation sites excluding steroid dienone is 5. The summed E-state index contributed by atoms with van der Waals surface area (Å²) in [6.45, 7) is 6.05. The van der Waals surface area contributed by atoms with Crippen LogP contribution in [-0.4, -0.2) is 46.3 Å². The minimum absolute atomic E-state index is 0.389. The Morgan fingerprint density at radius 1 is 1.40 bits per heavy atom. The molecule has 1 unspecified atom stereocenters. The lowest BCUT2D eigenvalue weighted by Gasteiger charge is -2.13. The van der Waals surface area contributed by atoms with E-state index in [1.54, 1.807) is 6.20 Å². The molecule has 0 radical (unpaired) electrons. The Labute approximate surface area is 148 Å². The van der Waals surface area contributed by atoms with E-state index in [1.807, 2.05) is 50.3 Å². The summed E-state index contributed by atoms with van der Waals surface area (Å²) < 4.78 is 6.10. The number of likely N-dealkylation sites (tertiary alicyclic amines) is 1. The number of fused-ring (bicyclic) bond motifs is 1. The highest BCUT2D eigenvalue weighted by Gasteiger charge is 2.22. The first kappa shape index (κ1) is 17.2. The summed E-state index contributed by atoms with van der Waals surface area (Å²) in [5, 5.41) is 11.8. The standard InChI is InChI=1S/C19H25N5O/c1-4-6-7-8-15(5-2)25-16-9-11-20-18-17(16)19(23-22-18)21-14-10-12-24(3)13-14/h4-9,11,14H,10,12-13H2,1-3H3,(H2,20,21,22,23)/b6-4-,8-7-,15-5+. The molecule has 3 heterocycles. The van der Waals surface area contributed by atoms with Crippen LogP contribution >= 0.6 is 0 Å². The fourth-order valence-electron chi connectivity index (χ4n) is 2.94. The zero-order valence-electron chi connectivity index (χ0n) is 15.0. The summed E-state index contributed by atoms with van der Waals surface area (Å²) in [6.07, 6.45) is 12.6. The number of rotatable bonds is 6. The van der Waals surface area contributed by atoms with Crippen LogP contribution in [0.15, 0.2) is 48.4 Å². The number of H-pyrrole nitrogens is 1. The molecule has 1 aliphatic heterocycles. The Hall–Kier alpha value is -2.60. The van der Waals surface area contributed by atoms with Gasteiger partial charge >= 0.3 is 0 Å². The third-order valence-corrected chi connectivity index (χ3v) is 4.23. The van der Waals surface area contributed by atoms with Crippen molar-refractivity contribution in [3.05, 3.63) is 48.4 Å². The zero-order chi connectivity index (χ0) is 17.6. The summed E-state index contributed by atoms with van der Waals surface area (Å²) in [5.74, 6) is 2.32. The number of pyridine rings is 1. The second-order valence-corrected chi connectivity index (χ2v) is 6.18. The van der Waals surface area contributed by atoms with Gasteiger partial charge in [0.15, 0.2) is 11.5 Å². The molecule has 1 fully saturated rings. The van der Waals surface area contributed by atoms with Gasteiger partial charge in [0.1, 0.15) is 16.9 Å². The van der Waals surface area contributed by atoms with Crippen molar-refractivity contribution in [1.29, 1.82) is 0 Å². The van der Waals surface area contributed by atoms with Crippen molar-refractivity contribution in [3.8, 4) is 5.75 Å². The minimum atomic E-state index is 0.389. The second-order valence-electron chi connectivity index (χ2n) is 6.18. The van der Waals surface area contributed by atoms with Crippen LogP contribution in [0.3, 0.4) is 0 Å². The van der Waals surface area contributed by atoms with Crippen LogP contribution in [0.2, 0.25) is 0 Å². The highest BCUT2D eigenvalue weighted by atomic mass is 16.5. The summed E-state index contributed by atoms with van der Waals surface area (Å²) in [4.78, 5) is 6.68. The maximum absolute atomic E-state index is 6.10. The highest BCUT2D eigenvalue weighted by Crippen LogP contribution is 2.31. The summed E-state index contributed by atoms with van der Waals surface area (Å²) in [7, 11) is 2.13. The van der Waals surface area contributed by atoms with Crippen LogP contribution in [0.4, 0.5) is 5.82 Å². The van der Waals surface area contributed by atoms with Crippen LogP contribution in [0.25, 0.3) is 11.0 Å². The number of nitrogens with one attached hydrogen (secondary N) is 2. The van der Waals surface area contributed by atoms with E-state index in [9.17, 15) is 0 Å². The van der Waals surface area contributed by atoms with E-state index in [0.717, 1.165) is 47.9 Å². The van der Waals surface area contributed by atoms with Gasteiger partial charge in [-0.15, -0.1) is 0 Å². The molecule has 2 aromatic rings. The molecule has 6 nitrogen and oxygen atoms in total. The Morgan fingerprint density at radius 2 is 2.28 bits per heavy atom. The van der Waals surface area contributed by atoms with Gasteiger partial charge < -0.3 is 15.0 Å². The molecule has 2 N–H and O–H groups in total. The van der Waals surface area contributed by atoms with Crippen molar-refractivity contribution in [1.82, 2.24) is 20.1 Å². The minimum Gasteiger partial charge on any atom is -0.457 e. The quantitative estimate of drug-likeness (QED) is 0.623. The van der Waals surface area contributed by atoms with E-state index >= 15 is 0 Å². The molecule has 0 aromatic carbocycles. The topological polar surface area (TPSA) is 66.1 Å². The largest absolute Gasteiger partial charge is 0.457 e. The molecule has 1 atom stereocenters. The van der Waals surface area contributed by atoms with Gasteiger partial charge in [0, 0.05) is 24.8 Å². The summed E-state index contributed by atoms with van der Waals surface area (Å²) in [6, 6.07) is 2.26. The van der Waals surface area contributed by atoms with Crippen LogP contribution in [0, 0.1) is 0 Å². The Bertz CT molecular complexity index is 805. The molecule has 6 heteroatoms. The van der Waals surface area contributed by atoms with Crippen molar-refractivity contribution in [3.63, 3.8) is 0 Å². The summed E-state index contributed by atoms with van der Waals surface area (Å²) >= 11 is 0. The lowest BCUT2D eigenvalue weighted by atomic mass is 10.2. The van der Waals surface area contributed by atoms with Gasteiger partial charge in [0.25, 0.3) is 0 Å². The number of anilines is 1. The molecular weight excluding hydrogens is 314 g/mol. The van der Waals surface area contributed by atoms with Gasteiger partial charge in [0.2, 0.25) is 0 Å². The SMILES string of the molecule is C\C=C/C=C\C(=C/C)Oc1ccnc2[nH]nc(NC3CCN(C)C3)c12. The predicted octanol–water partition coefficient (Wildman–Crippen LogP) is 3.49. The number of hydrogen-bond donors (Lipinski definition) is 2. The van der Waals surface area contributed by atoms with Crippen LogP contribution in [0.1, 0.15) is 20.3 Å². The van der Waals surface area contributed by atoms with Gasteiger partial charge in [0.05, 0.1) is 0 Å². The molecule has 132 valence electrons. The monoisotopic (exact) mass is 339 g/mol. The number of hydrogen-bond acceptors (Lipinski definition) is 5. The van der Waals surface area contributed by atoms with Crippen molar-refractivity contribution >= 4 is 16.9 Å².